The maximum absolute atomic E-state index is 5.80. The van der Waals surface area contributed by atoms with Crippen LogP contribution in [-0.2, 0) is 0 Å². The lowest BCUT2D eigenvalue weighted by molar-refractivity contribution is 0.297. The molecule has 0 saturated carbocycles. The quantitative estimate of drug-likeness (QED) is 0.757. The predicted octanol–water partition coefficient (Wildman–Crippen LogP) is 1.51. The summed E-state index contributed by atoms with van der Waals surface area (Å²) >= 11 is 5.80. The Morgan fingerprint density at radius 1 is 1.57 bits per heavy atom. The van der Waals surface area contributed by atoms with Crippen LogP contribution in [0.2, 0.25) is 5.02 Å². The summed E-state index contributed by atoms with van der Waals surface area (Å²) in [5, 5.41) is 3.67. The molecule has 0 aliphatic rings. The number of ether oxygens (including phenoxy) is 1. The highest BCUT2D eigenvalue weighted by Crippen LogP contribution is 2.18. The van der Waals surface area contributed by atoms with Gasteiger partial charge in [0.25, 0.3) is 0 Å². The summed E-state index contributed by atoms with van der Waals surface area (Å²) in [5.41, 5.74) is 0. The number of nitrogens with zero attached hydrogens (tertiary/aromatic N) is 2. The topological polar surface area (TPSA) is 47.0 Å². The van der Waals surface area contributed by atoms with Crippen molar-refractivity contribution in [3.8, 4) is 5.88 Å². The molecule has 0 fully saturated rings. The third-order valence-electron chi connectivity index (χ3n) is 1.53. The largest absolute Gasteiger partial charge is 0.475 e. The molecule has 1 N–H and O–H groups in total. The van der Waals surface area contributed by atoms with E-state index in [9.17, 15) is 0 Å². The van der Waals surface area contributed by atoms with E-state index in [0.29, 0.717) is 23.6 Å². The van der Waals surface area contributed by atoms with Gasteiger partial charge in [-0.05, 0) is 0 Å². The lowest BCUT2D eigenvalue weighted by Gasteiger charge is -2.09. The van der Waals surface area contributed by atoms with Crippen LogP contribution in [0.1, 0.15) is 13.8 Å². The molecule has 0 saturated heterocycles. The summed E-state index contributed by atoms with van der Waals surface area (Å²) in [5.74, 6) is 0.437. The third-order valence-corrected chi connectivity index (χ3v) is 1.79. The SMILES string of the molecule is CC(C)NCCOc1ncncc1Cl. The first-order valence-corrected chi connectivity index (χ1v) is 4.89. The van der Waals surface area contributed by atoms with Crippen molar-refractivity contribution in [3.05, 3.63) is 17.5 Å². The Kier molecular flexibility index (Phi) is 4.62. The van der Waals surface area contributed by atoms with Crippen LogP contribution in [0.5, 0.6) is 5.88 Å². The molecular formula is C9H14ClN3O. The molecule has 0 atom stereocenters. The van der Waals surface area contributed by atoms with E-state index in [2.05, 4.69) is 29.1 Å². The molecule has 0 radical (unpaired) electrons. The molecular weight excluding hydrogens is 202 g/mol. The number of hydrogen-bond donors (Lipinski definition) is 1. The van der Waals surface area contributed by atoms with Gasteiger partial charge in [-0.1, -0.05) is 25.4 Å². The van der Waals surface area contributed by atoms with Gasteiger partial charge in [0.05, 0.1) is 6.20 Å². The second kappa shape index (κ2) is 5.78. The molecule has 0 spiro atoms. The van der Waals surface area contributed by atoms with Crippen LogP contribution in [0.15, 0.2) is 12.5 Å². The monoisotopic (exact) mass is 215 g/mol. The van der Waals surface area contributed by atoms with Crippen molar-refractivity contribution in [2.75, 3.05) is 13.2 Å². The van der Waals surface area contributed by atoms with Gasteiger partial charge in [0.1, 0.15) is 18.0 Å². The lowest BCUT2D eigenvalue weighted by Crippen LogP contribution is -2.27. The van der Waals surface area contributed by atoms with Gasteiger partial charge in [0, 0.05) is 12.6 Å². The molecule has 14 heavy (non-hydrogen) atoms. The van der Waals surface area contributed by atoms with E-state index in [1.54, 1.807) is 0 Å². The Hall–Kier alpha value is -0.870. The molecule has 1 heterocycles. The van der Waals surface area contributed by atoms with E-state index >= 15 is 0 Å². The van der Waals surface area contributed by atoms with E-state index in [1.165, 1.54) is 12.5 Å². The molecule has 5 heteroatoms. The molecule has 4 nitrogen and oxygen atoms in total. The maximum Gasteiger partial charge on any atom is 0.235 e. The number of nitrogens with one attached hydrogen (secondary N) is 1. The minimum absolute atomic E-state index is 0.437. The standard InChI is InChI=1S/C9H14ClN3O/c1-7(2)12-3-4-14-9-8(10)5-11-6-13-9/h5-7,12H,3-4H2,1-2H3. The molecule has 0 aliphatic carbocycles. The first kappa shape index (κ1) is 11.2. The van der Waals surface area contributed by atoms with Gasteiger partial charge in [-0.2, -0.15) is 0 Å². The van der Waals surface area contributed by atoms with Crippen molar-refractivity contribution in [2.45, 2.75) is 19.9 Å². The molecule has 0 aromatic carbocycles. The average molecular weight is 216 g/mol. The van der Waals surface area contributed by atoms with E-state index in [-0.39, 0.29) is 0 Å². The summed E-state index contributed by atoms with van der Waals surface area (Å²) < 4.78 is 5.34. The minimum atomic E-state index is 0.437. The van der Waals surface area contributed by atoms with E-state index in [1.807, 2.05) is 0 Å². The van der Waals surface area contributed by atoms with Crippen LogP contribution in [0.25, 0.3) is 0 Å². The summed E-state index contributed by atoms with van der Waals surface area (Å²) in [7, 11) is 0. The average Bonchev–Trinajstić information content (AvgIpc) is 2.15. The van der Waals surface area contributed by atoms with Crippen molar-refractivity contribution >= 4 is 11.6 Å². The fourth-order valence-electron chi connectivity index (χ4n) is 0.903. The summed E-state index contributed by atoms with van der Waals surface area (Å²) in [6.07, 6.45) is 2.93. The van der Waals surface area contributed by atoms with Gasteiger partial charge in [-0.3, -0.25) is 0 Å². The van der Waals surface area contributed by atoms with Crippen molar-refractivity contribution < 1.29 is 4.74 Å². The maximum atomic E-state index is 5.80. The van der Waals surface area contributed by atoms with Crippen LogP contribution in [0, 0.1) is 0 Å². The second-order valence-corrected chi connectivity index (χ2v) is 3.54. The van der Waals surface area contributed by atoms with Crippen LogP contribution in [-0.4, -0.2) is 29.2 Å². The summed E-state index contributed by atoms with van der Waals surface area (Å²) in [4.78, 5) is 7.66. The highest BCUT2D eigenvalue weighted by atomic mass is 35.5. The zero-order valence-electron chi connectivity index (χ0n) is 8.33. The number of hydrogen-bond acceptors (Lipinski definition) is 4. The summed E-state index contributed by atoms with van der Waals surface area (Å²) in [6, 6.07) is 0.458. The third kappa shape index (κ3) is 3.89. The fraction of sp³-hybridized carbons (Fsp3) is 0.556. The minimum Gasteiger partial charge on any atom is -0.475 e. The van der Waals surface area contributed by atoms with Gasteiger partial charge in [-0.25, -0.2) is 9.97 Å². The van der Waals surface area contributed by atoms with Crippen molar-refractivity contribution in [1.82, 2.24) is 15.3 Å². The molecule has 78 valence electrons. The van der Waals surface area contributed by atoms with E-state index in [4.69, 9.17) is 16.3 Å². The van der Waals surface area contributed by atoms with Crippen LogP contribution in [0.3, 0.4) is 0 Å². The van der Waals surface area contributed by atoms with Crippen molar-refractivity contribution in [1.29, 1.82) is 0 Å². The molecule has 1 aromatic heterocycles. The second-order valence-electron chi connectivity index (χ2n) is 3.13. The predicted molar refractivity (Wildman–Crippen MR) is 55.7 cm³/mol. The highest BCUT2D eigenvalue weighted by Gasteiger charge is 2.01. The van der Waals surface area contributed by atoms with E-state index in [0.717, 1.165) is 6.54 Å². The van der Waals surface area contributed by atoms with Crippen molar-refractivity contribution in [3.63, 3.8) is 0 Å². The Balaban J connectivity index is 2.28. The molecule has 1 rings (SSSR count). The number of halogens is 1. The zero-order valence-corrected chi connectivity index (χ0v) is 9.08. The van der Waals surface area contributed by atoms with Gasteiger partial charge < -0.3 is 10.1 Å². The Bertz CT molecular complexity index is 281. The van der Waals surface area contributed by atoms with Gasteiger partial charge in [0.2, 0.25) is 5.88 Å². The van der Waals surface area contributed by atoms with Crippen molar-refractivity contribution in [2.24, 2.45) is 0 Å². The molecule has 1 aromatic rings. The van der Waals surface area contributed by atoms with Crippen LogP contribution in [0.4, 0.5) is 0 Å². The van der Waals surface area contributed by atoms with Gasteiger partial charge in [-0.15, -0.1) is 0 Å². The molecule has 0 unspecified atom stereocenters. The van der Waals surface area contributed by atoms with Crippen LogP contribution >= 0.6 is 11.6 Å². The molecule has 0 bridgehead atoms. The first-order valence-electron chi connectivity index (χ1n) is 4.52. The van der Waals surface area contributed by atoms with Crippen LogP contribution < -0.4 is 10.1 Å². The number of aromatic nitrogens is 2. The zero-order chi connectivity index (χ0) is 10.4. The van der Waals surface area contributed by atoms with Gasteiger partial charge in [0.15, 0.2) is 0 Å². The highest BCUT2D eigenvalue weighted by molar-refractivity contribution is 6.31. The Morgan fingerprint density at radius 2 is 2.36 bits per heavy atom. The molecule has 0 amide bonds. The Labute approximate surface area is 88.7 Å². The molecule has 0 aliphatic heterocycles. The first-order chi connectivity index (χ1) is 6.70. The Morgan fingerprint density at radius 3 is 3.00 bits per heavy atom. The normalized spacial score (nSPS) is 10.6. The smallest absolute Gasteiger partial charge is 0.235 e. The lowest BCUT2D eigenvalue weighted by atomic mass is 10.4. The van der Waals surface area contributed by atoms with Gasteiger partial charge >= 0.3 is 0 Å². The number of rotatable bonds is 5. The summed E-state index contributed by atoms with van der Waals surface area (Å²) in [6.45, 7) is 5.49. The van der Waals surface area contributed by atoms with E-state index < -0.39 is 0 Å². The fourth-order valence-corrected chi connectivity index (χ4v) is 1.06.